The van der Waals surface area contributed by atoms with Crippen LogP contribution in [0.2, 0.25) is 0 Å². The van der Waals surface area contributed by atoms with E-state index in [1.165, 1.54) is 24.3 Å². The van der Waals surface area contributed by atoms with Gasteiger partial charge in [0.1, 0.15) is 11.6 Å². The van der Waals surface area contributed by atoms with Gasteiger partial charge in [0.15, 0.2) is 6.61 Å². The van der Waals surface area contributed by atoms with Crippen LogP contribution in [-0.2, 0) is 4.74 Å². The molecule has 0 spiro atoms. The van der Waals surface area contributed by atoms with Gasteiger partial charge >= 0.3 is 5.97 Å². The van der Waals surface area contributed by atoms with Crippen LogP contribution in [0.4, 0.5) is 4.39 Å². The minimum absolute atomic E-state index is 0.214. The fraction of sp³-hybridized carbons (Fsp3) is 0.294. The Kier molecular flexibility index (Phi) is 5.16. The lowest BCUT2D eigenvalue weighted by atomic mass is 10.1. The van der Waals surface area contributed by atoms with Gasteiger partial charge in [-0.25, -0.2) is 9.18 Å². The second-order valence-corrected chi connectivity index (χ2v) is 5.01. The highest BCUT2D eigenvalue weighted by Gasteiger charge is 2.22. The fourth-order valence-corrected chi connectivity index (χ4v) is 2.29. The van der Waals surface area contributed by atoms with Crippen LogP contribution in [0.15, 0.2) is 24.3 Å². The van der Waals surface area contributed by atoms with E-state index in [9.17, 15) is 14.0 Å². The van der Waals surface area contributed by atoms with E-state index in [-0.39, 0.29) is 24.8 Å². The van der Waals surface area contributed by atoms with Gasteiger partial charge in [-0.3, -0.25) is 4.79 Å². The van der Waals surface area contributed by atoms with Crippen LogP contribution in [0.5, 0.6) is 5.75 Å². The van der Waals surface area contributed by atoms with Gasteiger partial charge in [-0.2, -0.15) is 0 Å². The van der Waals surface area contributed by atoms with E-state index in [1.54, 1.807) is 20.8 Å². The van der Waals surface area contributed by atoms with Gasteiger partial charge in [-0.05, 0) is 50.6 Å². The van der Waals surface area contributed by atoms with Gasteiger partial charge in [-0.1, -0.05) is 0 Å². The molecule has 2 rings (SSSR count). The van der Waals surface area contributed by atoms with Crippen molar-refractivity contribution in [2.75, 3.05) is 13.2 Å². The van der Waals surface area contributed by atoms with Crippen LogP contribution in [0.1, 0.15) is 39.0 Å². The van der Waals surface area contributed by atoms with Gasteiger partial charge in [-0.15, -0.1) is 0 Å². The van der Waals surface area contributed by atoms with Crippen LogP contribution in [-0.4, -0.2) is 30.0 Å². The molecule has 0 saturated heterocycles. The van der Waals surface area contributed by atoms with Crippen LogP contribution >= 0.6 is 0 Å². The van der Waals surface area contributed by atoms with Crippen LogP contribution in [0.25, 0.3) is 0 Å². The van der Waals surface area contributed by atoms with E-state index >= 15 is 0 Å². The highest BCUT2D eigenvalue weighted by atomic mass is 19.1. The number of esters is 1. The Bertz CT molecular complexity index is 719. The van der Waals surface area contributed by atoms with E-state index in [2.05, 4.69) is 4.98 Å². The number of Topliss-reactive ketones (excluding diaryl/α,β-unsaturated/α-hetero) is 1. The molecule has 0 fully saturated rings. The molecule has 122 valence electrons. The van der Waals surface area contributed by atoms with Gasteiger partial charge in [0.25, 0.3) is 0 Å². The fourth-order valence-electron chi connectivity index (χ4n) is 2.29. The molecule has 1 aromatic heterocycles. The smallest absolute Gasteiger partial charge is 0.340 e. The SMILES string of the molecule is CCOC(=O)c1c(C)[nH]c(C(=O)COc2ccc(F)cc2)c1C. The molecule has 1 heterocycles. The van der Waals surface area contributed by atoms with Crippen LogP contribution in [0.3, 0.4) is 0 Å². The number of aromatic nitrogens is 1. The molecular weight excluding hydrogens is 301 g/mol. The molecule has 5 nitrogen and oxygen atoms in total. The first-order valence-corrected chi connectivity index (χ1v) is 7.21. The summed E-state index contributed by atoms with van der Waals surface area (Å²) in [6, 6.07) is 5.39. The monoisotopic (exact) mass is 319 g/mol. The second-order valence-electron chi connectivity index (χ2n) is 5.01. The van der Waals surface area contributed by atoms with E-state index in [0.29, 0.717) is 28.3 Å². The Morgan fingerprint density at radius 3 is 2.43 bits per heavy atom. The lowest BCUT2D eigenvalue weighted by Gasteiger charge is -2.05. The number of rotatable bonds is 6. The predicted molar refractivity (Wildman–Crippen MR) is 82.4 cm³/mol. The molecule has 1 N–H and O–H groups in total. The number of ketones is 1. The zero-order valence-corrected chi connectivity index (χ0v) is 13.2. The molecule has 0 bridgehead atoms. The normalized spacial score (nSPS) is 10.4. The molecule has 0 atom stereocenters. The van der Waals surface area contributed by atoms with E-state index in [1.807, 2.05) is 0 Å². The average molecular weight is 319 g/mol. The minimum Gasteiger partial charge on any atom is -0.485 e. The quantitative estimate of drug-likeness (QED) is 0.656. The minimum atomic E-state index is -0.461. The number of carbonyl (C=O) groups excluding carboxylic acids is 2. The van der Waals surface area contributed by atoms with E-state index in [0.717, 1.165) is 0 Å². The number of nitrogens with one attached hydrogen (secondary N) is 1. The number of hydrogen-bond acceptors (Lipinski definition) is 4. The first-order valence-electron chi connectivity index (χ1n) is 7.21. The Morgan fingerprint density at radius 2 is 1.83 bits per heavy atom. The maximum Gasteiger partial charge on any atom is 0.340 e. The third-order valence-electron chi connectivity index (χ3n) is 3.38. The molecule has 2 aromatic rings. The van der Waals surface area contributed by atoms with Crippen molar-refractivity contribution in [2.45, 2.75) is 20.8 Å². The summed E-state index contributed by atoms with van der Waals surface area (Å²) in [4.78, 5) is 27.1. The number of carbonyl (C=O) groups is 2. The molecule has 1 aromatic carbocycles. The number of ether oxygens (including phenoxy) is 2. The summed E-state index contributed by atoms with van der Waals surface area (Å²) in [5.41, 5.74) is 1.80. The van der Waals surface area contributed by atoms with Crippen LogP contribution in [0, 0.1) is 19.7 Å². The predicted octanol–water partition coefficient (Wildman–Crippen LogP) is 3.21. The number of halogens is 1. The Morgan fingerprint density at radius 1 is 1.17 bits per heavy atom. The Labute approximate surface area is 133 Å². The molecule has 0 aliphatic carbocycles. The lowest BCUT2D eigenvalue weighted by molar-refractivity contribution is 0.0525. The highest BCUT2D eigenvalue weighted by Crippen LogP contribution is 2.20. The standard InChI is InChI=1S/C17H18FNO4/c1-4-22-17(21)15-10(2)16(19-11(15)3)14(20)9-23-13-7-5-12(18)6-8-13/h5-8,19H,4,9H2,1-3H3. The molecule has 0 unspecified atom stereocenters. The summed E-state index contributed by atoms with van der Waals surface area (Å²) in [5, 5.41) is 0. The van der Waals surface area contributed by atoms with Crippen molar-refractivity contribution in [1.29, 1.82) is 0 Å². The Balaban J connectivity index is 2.12. The van der Waals surface area contributed by atoms with Crippen molar-refractivity contribution in [3.8, 4) is 5.75 Å². The molecule has 6 heteroatoms. The summed E-state index contributed by atoms with van der Waals surface area (Å²) in [7, 11) is 0. The summed E-state index contributed by atoms with van der Waals surface area (Å²) in [5.74, 6) is -0.743. The zero-order chi connectivity index (χ0) is 17.0. The van der Waals surface area contributed by atoms with Gasteiger partial charge in [0, 0.05) is 5.69 Å². The topological polar surface area (TPSA) is 68.4 Å². The van der Waals surface area contributed by atoms with Crippen molar-refractivity contribution >= 4 is 11.8 Å². The first-order chi connectivity index (χ1) is 10.9. The molecule has 0 amide bonds. The maximum atomic E-state index is 12.8. The molecular formula is C17H18FNO4. The van der Waals surface area contributed by atoms with Gasteiger partial charge in [0.05, 0.1) is 17.9 Å². The van der Waals surface area contributed by atoms with E-state index < -0.39 is 5.97 Å². The summed E-state index contributed by atoms with van der Waals surface area (Å²) in [6.45, 7) is 5.16. The summed E-state index contributed by atoms with van der Waals surface area (Å²) in [6.07, 6.45) is 0. The first kappa shape index (κ1) is 16.7. The van der Waals surface area contributed by atoms with Crippen molar-refractivity contribution < 1.29 is 23.5 Å². The lowest BCUT2D eigenvalue weighted by Crippen LogP contribution is -2.13. The van der Waals surface area contributed by atoms with Crippen LogP contribution < -0.4 is 4.74 Å². The van der Waals surface area contributed by atoms with Gasteiger partial charge in [0.2, 0.25) is 5.78 Å². The van der Waals surface area contributed by atoms with Gasteiger partial charge < -0.3 is 14.5 Å². The third-order valence-corrected chi connectivity index (χ3v) is 3.38. The molecule has 0 radical (unpaired) electrons. The summed E-state index contributed by atoms with van der Waals surface area (Å²) < 4.78 is 23.1. The van der Waals surface area contributed by atoms with Crippen molar-refractivity contribution in [3.63, 3.8) is 0 Å². The maximum absolute atomic E-state index is 12.8. The summed E-state index contributed by atoms with van der Waals surface area (Å²) >= 11 is 0. The largest absolute Gasteiger partial charge is 0.485 e. The molecule has 0 aliphatic rings. The second kappa shape index (κ2) is 7.09. The number of H-pyrrole nitrogens is 1. The third kappa shape index (κ3) is 3.77. The van der Waals surface area contributed by atoms with Crippen molar-refractivity contribution in [1.82, 2.24) is 4.98 Å². The average Bonchev–Trinajstić information content (AvgIpc) is 2.81. The number of aromatic amines is 1. The number of benzene rings is 1. The van der Waals surface area contributed by atoms with Crippen molar-refractivity contribution in [3.05, 3.63) is 52.6 Å². The number of aryl methyl sites for hydroxylation is 1. The number of hydrogen-bond donors (Lipinski definition) is 1. The van der Waals surface area contributed by atoms with Crippen molar-refractivity contribution in [2.24, 2.45) is 0 Å². The molecule has 0 aliphatic heterocycles. The molecule has 0 saturated carbocycles. The highest BCUT2D eigenvalue weighted by molar-refractivity contribution is 6.02. The Hall–Kier alpha value is -2.63. The molecule has 23 heavy (non-hydrogen) atoms. The van der Waals surface area contributed by atoms with E-state index in [4.69, 9.17) is 9.47 Å². The zero-order valence-electron chi connectivity index (χ0n) is 13.2.